The Morgan fingerprint density at radius 2 is 2.17 bits per heavy atom. The molecular weight excluding hydrogens is 172 g/mol. The second kappa shape index (κ2) is 3.78. The number of hydrogen-bond acceptors (Lipinski definition) is 2. The Balaban J connectivity index is 2.86. The first-order valence-electron chi connectivity index (χ1n) is 3.89. The van der Waals surface area contributed by atoms with Crippen LogP contribution in [-0.4, -0.2) is 6.04 Å². The molecule has 1 rings (SSSR count). The van der Waals surface area contributed by atoms with E-state index in [1.807, 2.05) is 19.1 Å². The summed E-state index contributed by atoms with van der Waals surface area (Å²) in [5.41, 5.74) is 12.9. The largest absolute Gasteiger partial charge is 0.399 e. The first-order chi connectivity index (χ1) is 5.59. The minimum absolute atomic E-state index is 0.131. The Hall–Kier alpha value is -0.730. The van der Waals surface area contributed by atoms with Crippen LogP contribution in [0.2, 0.25) is 5.02 Å². The Labute approximate surface area is 77.5 Å². The van der Waals surface area contributed by atoms with E-state index in [-0.39, 0.29) is 6.04 Å². The lowest BCUT2D eigenvalue weighted by Crippen LogP contribution is -2.17. The highest BCUT2D eigenvalue weighted by molar-refractivity contribution is 6.31. The Kier molecular flexibility index (Phi) is 2.95. The van der Waals surface area contributed by atoms with E-state index in [0.717, 1.165) is 12.0 Å². The molecule has 0 spiro atoms. The van der Waals surface area contributed by atoms with Crippen molar-refractivity contribution in [2.45, 2.75) is 19.4 Å². The van der Waals surface area contributed by atoms with Crippen LogP contribution in [0.1, 0.15) is 12.5 Å². The maximum absolute atomic E-state index is 5.94. The van der Waals surface area contributed by atoms with Crippen molar-refractivity contribution in [3.8, 4) is 0 Å². The third-order valence-electron chi connectivity index (χ3n) is 1.62. The molecule has 12 heavy (non-hydrogen) atoms. The average Bonchev–Trinajstić information content (AvgIpc) is 1.94. The van der Waals surface area contributed by atoms with Gasteiger partial charge >= 0.3 is 0 Å². The van der Waals surface area contributed by atoms with E-state index in [2.05, 4.69) is 0 Å². The molecular formula is C9H13ClN2. The molecule has 0 radical (unpaired) electrons. The third kappa shape index (κ3) is 2.40. The second-order valence-electron chi connectivity index (χ2n) is 3.03. The zero-order chi connectivity index (χ0) is 9.14. The van der Waals surface area contributed by atoms with Crippen LogP contribution in [0.4, 0.5) is 5.69 Å². The molecule has 0 heterocycles. The van der Waals surface area contributed by atoms with Crippen molar-refractivity contribution < 1.29 is 0 Å². The van der Waals surface area contributed by atoms with Gasteiger partial charge in [0, 0.05) is 16.8 Å². The summed E-state index contributed by atoms with van der Waals surface area (Å²) in [5, 5.41) is 0.701. The van der Waals surface area contributed by atoms with Crippen molar-refractivity contribution in [2.24, 2.45) is 5.73 Å². The van der Waals surface area contributed by atoms with Gasteiger partial charge in [0.25, 0.3) is 0 Å². The summed E-state index contributed by atoms with van der Waals surface area (Å²) in [6, 6.07) is 5.63. The van der Waals surface area contributed by atoms with Crippen molar-refractivity contribution in [1.82, 2.24) is 0 Å². The smallest absolute Gasteiger partial charge is 0.0459 e. The molecule has 0 saturated carbocycles. The first-order valence-corrected chi connectivity index (χ1v) is 4.27. The molecule has 0 amide bonds. The van der Waals surface area contributed by atoms with E-state index < -0.39 is 0 Å². The SMILES string of the molecule is CC(N)Cc1ccc(N)cc1Cl. The molecule has 0 fully saturated rings. The fraction of sp³-hybridized carbons (Fsp3) is 0.333. The van der Waals surface area contributed by atoms with Crippen LogP contribution in [0, 0.1) is 0 Å². The van der Waals surface area contributed by atoms with Crippen LogP contribution in [-0.2, 0) is 6.42 Å². The molecule has 1 unspecified atom stereocenters. The van der Waals surface area contributed by atoms with Gasteiger partial charge in [-0.05, 0) is 31.0 Å². The van der Waals surface area contributed by atoms with Crippen LogP contribution in [0.3, 0.4) is 0 Å². The summed E-state index contributed by atoms with van der Waals surface area (Å²) in [4.78, 5) is 0. The van der Waals surface area contributed by atoms with E-state index in [4.69, 9.17) is 23.1 Å². The van der Waals surface area contributed by atoms with Crippen molar-refractivity contribution in [3.63, 3.8) is 0 Å². The zero-order valence-corrected chi connectivity index (χ0v) is 7.81. The molecule has 66 valence electrons. The Morgan fingerprint density at radius 3 is 2.67 bits per heavy atom. The molecule has 0 saturated heterocycles. The molecule has 3 heteroatoms. The van der Waals surface area contributed by atoms with Crippen LogP contribution in [0.25, 0.3) is 0 Å². The first kappa shape index (κ1) is 9.36. The number of benzene rings is 1. The molecule has 0 aromatic heterocycles. The number of hydrogen-bond donors (Lipinski definition) is 2. The highest BCUT2D eigenvalue weighted by Gasteiger charge is 2.02. The van der Waals surface area contributed by atoms with Gasteiger partial charge in [0.15, 0.2) is 0 Å². The van der Waals surface area contributed by atoms with E-state index in [1.54, 1.807) is 6.07 Å². The molecule has 1 aromatic carbocycles. The summed E-state index contributed by atoms with van der Waals surface area (Å²) in [5.74, 6) is 0. The van der Waals surface area contributed by atoms with Crippen molar-refractivity contribution in [1.29, 1.82) is 0 Å². The highest BCUT2D eigenvalue weighted by Crippen LogP contribution is 2.19. The predicted octanol–water partition coefficient (Wildman–Crippen LogP) is 1.81. The summed E-state index contributed by atoms with van der Waals surface area (Å²) in [6.07, 6.45) is 0.791. The minimum atomic E-state index is 0.131. The average molecular weight is 185 g/mol. The Bertz CT molecular complexity index is 271. The van der Waals surface area contributed by atoms with E-state index in [0.29, 0.717) is 10.7 Å². The minimum Gasteiger partial charge on any atom is -0.399 e. The molecule has 0 bridgehead atoms. The van der Waals surface area contributed by atoms with Crippen molar-refractivity contribution in [2.75, 3.05) is 5.73 Å². The summed E-state index contributed by atoms with van der Waals surface area (Å²) >= 11 is 5.94. The van der Waals surface area contributed by atoms with E-state index >= 15 is 0 Å². The van der Waals surface area contributed by atoms with E-state index in [9.17, 15) is 0 Å². The normalized spacial score (nSPS) is 12.9. The number of rotatable bonds is 2. The van der Waals surface area contributed by atoms with Gasteiger partial charge in [-0.2, -0.15) is 0 Å². The summed E-state index contributed by atoms with van der Waals surface area (Å²) in [7, 11) is 0. The Morgan fingerprint density at radius 1 is 1.50 bits per heavy atom. The van der Waals surface area contributed by atoms with Gasteiger partial charge in [0.05, 0.1) is 0 Å². The number of nitrogens with two attached hydrogens (primary N) is 2. The second-order valence-corrected chi connectivity index (χ2v) is 3.44. The fourth-order valence-corrected chi connectivity index (χ4v) is 1.34. The summed E-state index contributed by atoms with van der Waals surface area (Å²) < 4.78 is 0. The van der Waals surface area contributed by atoms with Crippen molar-refractivity contribution >= 4 is 17.3 Å². The maximum Gasteiger partial charge on any atom is 0.0459 e. The fourth-order valence-electron chi connectivity index (χ4n) is 1.08. The zero-order valence-electron chi connectivity index (χ0n) is 7.05. The summed E-state index contributed by atoms with van der Waals surface area (Å²) in [6.45, 7) is 1.95. The van der Waals surface area contributed by atoms with Crippen LogP contribution >= 0.6 is 11.6 Å². The van der Waals surface area contributed by atoms with Gasteiger partial charge in [0.1, 0.15) is 0 Å². The molecule has 0 aliphatic heterocycles. The number of halogens is 1. The van der Waals surface area contributed by atoms with Crippen LogP contribution < -0.4 is 11.5 Å². The molecule has 1 atom stereocenters. The lowest BCUT2D eigenvalue weighted by molar-refractivity contribution is 0.738. The third-order valence-corrected chi connectivity index (χ3v) is 1.97. The van der Waals surface area contributed by atoms with E-state index in [1.165, 1.54) is 0 Å². The van der Waals surface area contributed by atoms with Gasteiger partial charge in [-0.15, -0.1) is 0 Å². The van der Waals surface area contributed by atoms with Gasteiger partial charge in [0.2, 0.25) is 0 Å². The lowest BCUT2D eigenvalue weighted by atomic mass is 10.1. The molecule has 0 aliphatic carbocycles. The van der Waals surface area contributed by atoms with Gasteiger partial charge in [-0.25, -0.2) is 0 Å². The quantitative estimate of drug-likeness (QED) is 0.689. The van der Waals surface area contributed by atoms with Gasteiger partial charge in [-0.1, -0.05) is 17.7 Å². The van der Waals surface area contributed by atoms with Crippen LogP contribution in [0.15, 0.2) is 18.2 Å². The highest BCUT2D eigenvalue weighted by atomic mass is 35.5. The lowest BCUT2D eigenvalue weighted by Gasteiger charge is -2.07. The number of nitrogen functional groups attached to an aromatic ring is 1. The molecule has 1 aromatic rings. The van der Waals surface area contributed by atoms with Crippen LogP contribution in [0.5, 0.6) is 0 Å². The van der Waals surface area contributed by atoms with Gasteiger partial charge < -0.3 is 11.5 Å². The molecule has 4 N–H and O–H groups in total. The number of anilines is 1. The van der Waals surface area contributed by atoms with Crippen molar-refractivity contribution in [3.05, 3.63) is 28.8 Å². The monoisotopic (exact) mass is 184 g/mol. The van der Waals surface area contributed by atoms with Gasteiger partial charge in [-0.3, -0.25) is 0 Å². The molecule has 0 aliphatic rings. The maximum atomic E-state index is 5.94. The standard InChI is InChI=1S/C9H13ClN2/c1-6(11)4-7-2-3-8(12)5-9(7)10/h2-3,5-6H,4,11-12H2,1H3. The topological polar surface area (TPSA) is 52.0 Å². The molecule has 2 nitrogen and oxygen atoms in total. The predicted molar refractivity (Wildman–Crippen MR) is 53.2 cm³/mol.